The first kappa shape index (κ1) is 25.3. The highest BCUT2D eigenvalue weighted by Gasteiger charge is 2.24. The molecule has 7 nitrogen and oxygen atoms in total. The summed E-state index contributed by atoms with van der Waals surface area (Å²) in [6.07, 6.45) is 1.45. The lowest BCUT2D eigenvalue weighted by Gasteiger charge is -2.17. The van der Waals surface area contributed by atoms with Gasteiger partial charge in [-0.1, -0.05) is 48.5 Å². The van der Waals surface area contributed by atoms with Gasteiger partial charge in [0, 0.05) is 21.5 Å². The third-order valence-corrected chi connectivity index (χ3v) is 7.55. The SMILES string of the molecule is COc1ccccc1-c1csc(NC(=O)C(Sc2cccc(NC(=O)c3ccco3)c2)c2ccccc2)n1. The third-order valence-electron chi connectivity index (χ3n) is 5.55. The van der Waals surface area contributed by atoms with Gasteiger partial charge in [0.2, 0.25) is 5.91 Å². The van der Waals surface area contributed by atoms with Crippen LogP contribution in [0.4, 0.5) is 10.8 Å². The van der Waals surface area contributed by atoms with Crippen LogP contribution in [-0.2, 0) is 4.79 Å². The van der Waals surface area contributed by atoms with Gasteiger partial charge in [0.15, 0.2) is 10.9 Å². The van der Waals surface area contributed by atoms with E-state index in [-0.39, 0.29) is 17.6 Å². The Bertz CT molecular complexity index is 1530. The van der Waals surface area contributed by atoms with Crippen LogP contribution in [0.25, 0.3) is 11.3 Å². The van der Waals surface area contributed by atoms with Crippen LogP contribution in [0.3, 0.4) is 0 Å². The van der Waals surface area contributed by atoms with E-state index in [0.717, 1.165) is 21.7 Å². The molecule has 1 unspecified atom stereocenters. The van der Waals surface area contributed by atoms with Gasteiger partial charge in [0.1, 0.15) is 11.0 Å². The first-order chi connectivity index (χ1) is 18.6. The lowest BCUT2D eigenvalue weighted by molar-refractivity contribution is -0.115. The van der Waals surface area contributed by atoms with E-state index in [9.17, 15) is 9.59 Å². The number of aromatic nitrogens is 1. The van der Waals surface area contributed by atoms with Crippen molar-refractivity contribution >= 4 is 45.7 Å². The molecule has 2 N–H and O–H groups in total. The molecular formula is C29H23N3O4S2. The van der Waals surface area contributed by atoms with Crippen LogP contribution in [0.1, 0.15) is 21.4 Å². The Labute approximate surface area is 227 Å². The molecule has 3 aromatic carbocycles. The van der Waals surface area contributed by atoms with Crippen molar-refractivity contribution in [3.8, 4) is 17.0 Å². The Hall–Kier alpha value is -4.34. The third kappa shape index (κ3) is 5.96. The molecule has 0 spiro atoms. The Morgan fingerprint density at radius 1 is 0.947 bits per heavy atom. The highest BCUT2D eigenvalue weighted by atomic mass is 32.2. The minimum absolute atomic E-state index is 0.202. The first-order valence-electron chi connectivity index (χ1n) is 11.7. The number of methoxy groups -OCH3 is 1. The van der Waals surface area contributed by atoms with Crippen LogP contribution in [0.2, 0.25) is 0 Å². The number of rotatable bonds is 9. The number of para-hydroxylation sites is 1. The Balaban J connectivity index is 1.35. The van der Waals surface area contributed by atoms with Gasteiger partial charge in [-0.25, -0.2) is 4.98 Å². The molecule has 0 aliphatic carbocycles. The summed E-state index contributed by atoms with van der Waals surface area (Å²) in [4.78, 5) is 31.4. The Morgan fingerprint density at radius 2 is 1.76 bits per heavy atom. The molecule has 2 amide bonds. The zero-order chi connectivity index (χ0) is 26.3. The smallest absolute Gasteiger partial charge is 0.291 e. The summed E-state index contributed by atoms with van der Waals surface area (Å²) in [5.74, 6) is 0.393. The summed E-state index contributed by atoms with van der Waals surface area (Å²) in [7, 11) is 1.62. The molecule has 1 atom stereocenters. The normalized spacial score (nSPS) is 11.5. The van der Waals surface area contributed by atoms with Crippen molar-refractivity contribution in [2.24, 2.45) is 0 Å². The largest absolute Gasteiger partial charge is 0.496 e. The zero-order valence-electron chi connectivity index (χ0n) is 20.3. The molecular weight excluding hydrogens is 518 g/mol. The maximum absolute atomic E-state index is 13.5. The van der Waals surface area contributed by atoms with Crippen molar-refractivity contribution in [2.45, 2.75) is 10.1 Å². The molecule has 0 fully saturated rings. The average Bonchev–Trinajstić information content (AvgIpc) is 3.65. The highest BCUT2D eigenvalue weighted by molar-refractivity contribution is 8.00. The van der Waals surface area contributed by atoms with Gasteiger partial charge in [0.25, 0.3) is 5.91 Å². The molecule has 0 aliphatic rings. The maximum Gasteiger partial charge on any atom is 0.291 e. The summed E-state index contributed by atoms with van der Waals surface area (Å²) in [6, 6.07) is 27.8. The number of anilines is 2. The summed E-state index contributed by atoms with van der Waals surface area (Å²) in [6.45, 7) is 0. The summed E-state index contributed by atoms with van der Waals surface area (Å²) >= 11 is 2.74. The van der Waals surface area contributed by atoms with Crippen molar-refractivity contribution in [1.29, 1.82) is 0 Å². The number of hydrogen-bond donors (Lipinski definition) is 2. The first-order valence-corrected chi connectivity index (χ1v) is 13.4. The minimum atomic E-state index is -0.550. The van der Waals surface area contributed by atoms with Crippen LogP contribution in [-0.4, -0.2) is 23.9 Å². The highest BCUT2D eigenvalue weighted by Crippen LogP contribution is 2.38. The number of nitrogens with one attached hydrogen (secondary N) is 2. The lowest BCUT2D eigenvalue weighted by atomic mass is 10.1. The van der Waals surface area contributed by atoms with E-state index in [2.05, 4.69) is 15.6 Å². The van der Waals surface area contributed by atoms with Gasteiger partial charge in [0.05, 0.1) is 19.1 Å². The second-order valence-electron chi connectivity index (χ2n) is 8.10. The van der Waals surface area contributed by atoms with Gasteiger partial charge in [-0.05, 0) is 48.0 Å². The second kappa shape index (κ2) is 11.8. The number of carbonyl (C=O) groups is 2. The van der Waals surface area contributed by atoms with Crippen molar-refractivity contribution in [3.63, 3.8) is 0 Å². The van der Waals surface area contributed by atoms with E-state index in [1.54, 1.807) is 25.3 Å². The van der Waals surface area contributed by atoms with Crippen molar-refractivity contribution in [1.82, 2.24) is 4.98 Å². The van der Waals surface area contributed by atoms with Crippen LogP contribution >= 0.6 is 23.1 Å². The molecule has 0 saturated heterocycles. The van der Waals surface area contributed by atoms with Gasteiger partial charge in [-0.2, -0.15) is 0 Å². The molecule has 0 bridgehead atoms. The molecule has 2 aromatic heterocycles. The van der Waals surface area contributed by atoms with Gasteiger partial charge >= 0.3 is 0 Å². The Morgan fingerprint density at radius 3 is 2.55 bits per heavy atom. The topological polar surface area (TPSA) is 93.5 Å². The molecule has 5 aromatic rings. The average molecular weight is 542 g/mol. The number of carbonyl (C=O) groups excluding carboxylic acids is 2. The van der Waals surface area contributed by atoms with Crippen LogP contribution in [0.5, 0.6) is 5.75 Å². The van der Waals surface area contributed by atoms with E-state index in [0.29, 0.717) is 16.6 Å². The number of furan rings is 1. The second-order valence-corrected chi connectivity index (χ2v) is 10.1. The number of ether oxygens (including phenoxy) is 1. The molecule has 2 heterocycles. The fraction of sp³-hybridized carbons (Fsp3) is 0.0690. The number of nitrogens with zero attached hydrogens (tertiary/aromatic N) is 1. The van der Waals surface area contributed by atoms with Gasteiger partial charge in [-0.15, -0.1) is 23.1 Å². The van der Waals surface area contributed by atoms with E-state index >= 15 is 0 Å². The van der Waals surface area contributed by atoms with Crippen molar-refractivity contribution in [2.75, 3.05) is 17.7 Å². The number of benzene rings is 3. The summed E-state index contributed by atoms with van der Waals surface area (Å²) < 4.78 is 10.6. The monoisotopic (exact) mass is 541 g/mol. The molecule has 38 heavy (non-hydrogen) atoms. The molecule has 5 rings (SSSR count). The van der Waals surface area contributed by atoms with E-state index in [1.807, 2.05) is 78.2 Å². The molecule has 0 radical (unpaired) electrons. The van der Waals surface area contributed by atoms with Crippen molar-refractivity contribution in [3.05, 3.63) is 114 Å². The van der Waals surface area contributed by atoms with Gasteiger partial charge < -0.3 is 19.8 Å². The van der Waals surface area contributed by atoms with Crippen LogP contribution in [0.15, 0.2) is 112 Å². The molecule has 0 saturated carbocycles. The molecule has 0 aliphatic heterocycles. The van der Waals surface area contributed by atoms with E-state index < -0.39 is 5.25 Å². The number of amides is 2. The van der Waals surface area contributed by atoms with Crippen LogP contribution in [0, 0.1) is 0 Å². The van der Waals surface area contributed by atoms with Crippen LogP contribution < -0.4 is 15.4 Å². The fourth-order valence-corrected chi connectivity index (χ4v) is 5.56. The molecule has 190 valence electrons. The minimum Gasteiger partial charge on any atom is -0.496 e. The predicted molar refractivity (Wildman–Crippen MR) is 151 cm³/mol. The Kier molecular flexibility index (Phi) is 7.86. The van der Waals surface area contributed by atoms with E-state index in [4.69, 9.17) is 9.15 Å². The summed E-state index contributed by atoms with van der Waals surface area (Å²) in [5.41, 5.74) is 3.03. The molecule has 9 heteroatoms. The predicted octanol–water partition coefficient (Wildman–Crippen LogP) is 7.14. The number of hydrogen-bond acceptors (Lipinski definition) is 7. The zero-order valence-corrected chi connectivity index (χ0v) is 21.9. The van der Waals surface area contributed by atoms with Crippen molar-refractivity contribution < 1.29 is 18.7 Å². The maximum atomic E-state index is 13.5. The lowest BCUT2D eigenvalue weighted by Crippen LogP contribution is -2.19. The summed E-state index contributed by atoms with van der Waals surface area (Å²) in [5, 5.41) is 7.65. The fourth-order valence-electron chi connectivity index (χ4n) is 3.77. The van der Waals surface area contributed by atoms with E-state index in [1.165, 1.54) is 29.4 Å². The number of thiazole rings is 1. The van der Waals surface area contributed by atoms with Gasteiger partial charge in [-0.3, -0.25) is 9.59 Å². The standard InChI is InChI=1S/C29H23N3O4S2/c1-35-24-14-6-5-13-22(24)23-18-37-29(31-23)32-28(34)26(19-9-3-2-4-10-19)38-21-12-7-11-20(17-21)30-27(33)25-15-8-16-36-25/h2-18,26H,1H3,(H,30,33)(H,31,32,34). The number of thioether (sulfide) groups is 1. The quantitative estimate of drug-likeness (QED) is 0.193.